The number of aryl methyl sites for hydroxylation is 1. The molecular weight excluding hydrogens is 318 g/mol. The zero-order valence-corrected chi connectivity index (χ0v) is 15.7. The predicted molar refractivity (Wildman–Crippen MR) is 100 cm³/mol. The minimum Gasteiger partial charge on any atom is -0.450 e. The summed E-state index contributed by atoms with van der Waals surface area (Å²) < 4.78 is 5.05. The minimum absolute atomic E-state index is 0.216. The Morgan fingerprint density at radius 2 is 2.04 bits per heavy atom. The molecule has 1 aliphatic heterocycles. The van der Waals surface area contributed by atoms with Gasteiger partial charge in [-0.15, -0.1) is 0 Å². The Morgan fingerprint density at radius 1 is 1.28 bits per heavy atom. The smallest absolute Gasteiger partial charge is 0.409 e. The molecule has 0 radical (unpaired) electrons. The molecule has 140 valence electrons. The highest BCUT2D eigenvalue weighted by atomic mass is 16.6. The molecule has 25 heavy (non-hydrogen) atoms. The van der Waals surface area contributed by atoms with E-state index < -0.39 is 0 Å². The molecule has 0 aliphatic carbocycles. The molecule has 2 rings (SSSR count). The molecule has 7 nitrogen and oxygen atoms in total. The lowest BCUT2D eigenvalue weighted by molar-refractivity contribution is 0.0983. The number of ether oxygens (including phenoxy) is 1. The van der Waals surface area contributed by atoms with Gasteiger partial charge in [0.1, 0.15) is 5.82 Å². The summed E-state index contributed by atoms with van der Waals surface area (Å²) in [5.74, 6) is 1.53. The highest BCUT2D eigenvalue weighted by Gasteiger charge is 2.24. The Kier molecular flexibility index (Phi) is 7.76. The van der Waals surface area contributed by atoms with Crippen molar-refractivity contribution in [2.75, 3.05) is 36.9 Å². The fourth-order valence-electron chi connectivity index (χ4n) is 2.92. The normalized spacial score (nSPS) is 15.1. The zero-order chi connectivity index (χ0) is 18.1. The molecule has 1 fully saturated rings. The van der Waals surface area contributed by atoms with Crippen LogP contribution in [0.2, 0.25) is 0 Å². The number of hydrogen-bond acceptors (Lipinski definition) is 6. The van der Waals surface area contributed by atoms with E-state index in [0.29, 0.717) is 25.6 Å². The van der Waals surface area contributed by atoms with Gasteiger partial charge in [-0.3, -0.25) is 0 Å². The fourth-order valence-corrected chi connectivity index (χ4v) is 2.92. The van der Waals surface area contributed by atoms with Gasteiger partial charge in [-0.05, 0) is 33.1 Å². The number of rotatable bonds is 8. The monoisotopic (exact) mass is 349 g/mol. The van der Waals surface area contributed by atoms with Crippen LogP contribution in [0.15, 0.2) is 6.07 Å². The van der Waals surface area contributed by atoms with Crippen molar-refractivity contribution >= 4 is 17.9 Å². The van der Waals surface area contributed by atoms with Gasteiger partial charge >= 0.3 is 6.09 Å². The number of nitrogens with zero attached hydrogens (tertiary/aromatic N) is 3. The quantitative estimate of drug-likeness (QED) is 0.700. The number of amides is 1. The first-order chi connectivity index (χ1) is 12.1. The lowest BCUT2D eigenvalue weighted by atomic mass is 10.1. The average Bonchev–Trinajstić information content (AvgIpc) is 2.59. The number of carbonyl (C=O) groups is 1. The van der Waals surface area contributed by atoms with Crippen LogP contribution in [-0.2, 0) is 4.74 Å². The summed E-state index contributed by atoms with van der Waals surface area (Å²) in [5, 5.41) is 6.79. The van der Waals surface area contributed by atoms with E-state index in [-0.39, 0.29) is 12.1 Å². The van der Waals surface area contributed by atoms with Crippen molar-refractivity contribution in [2.24, 2.45) is 0 Å². The first-order valence-electron chi connectivity index (χ1n) is 9.40. The van der Waals surface area contributed by atoms with E-state index >= 15 is 0 Å². The van der Waals surface area contributed by atoms with Crippen LogP contribution < -0.4 is 10.6 Å². The molecule has 7 heteroatoms. The van der Waals surface area contributed by atoms with Crippen molar-refractivity contribution < 1.29 is 9.53 Å². The third kappa shape index (κ3) is 6.40. The molecule has 0 unspecified atom stereocenters. The summed E-state index contributed by atoms with van der Waals surface area (Å²) in [5.41, 5.74) is 0.944. The van der Waals surface area contributed by atoms with Gasteiger partial charge < -0.3 is 20.3 Å². The van der Waals surface area contributed by atoms with E-state index in [1.54, 1.807) is 4.90 Å². The number of anilines is 2. The minimum atomic E-state index is -0.216. The maximum atomic E-state index is 11.7. The van der Waals surface area contributed by atoms with Crippen LogP contribution in [0.25, 0.3) is 0 Å². The van der Waals surface area contributed by atoms with Gasteiger partial charge in [-0.2, -0.15) is 4.98 Å². The molecule has 0 atom stereocenters. The fraction of sp³-hybridized carbons (Fsp3) is 0.722. The third-order valence-electron chi connectivity index (χ3n) is 4.29. The van der Waals surface area contributed by atoms with Crippen LogP contribution in [0.5, 0.6) is 0 Å². The number of unbranched alkanes of at least 4 members (excludes halogenated alkanes) is 2. The molecule has 1 aromatic heterocycles. The number of hydrogen-bond donors (Lipinski definition) is 2. The second-order valence-corrected chi connectivity index (χ2v) is 6.46. The highest BCUT2D eigenvalue weighted by Crippen LogP contribution is 2.17. The van der Waals surface area contributed by atoms with Crippen LogP contribution in [-0.4, -0.2) is 53.2 Å². The Morgan fingerprint density at radius 3 is 2.72 bits per heavy atom. The van der Waals surface area contributed by atoms with Crippen LogP contribution in [0.4, 0.5) is 16.6 Å². The molecule has 1 aromatic rings. The van der Waals surface area contributed by atoms with Crippen molar-refractivity contribution in [2.45, 2.75) is 58.9 Å². The lowest BCUT2D eigenvalue weighted by Gasteiger charge is -2.31. The number of aromatic nitrogens is 2. The van der Waals surface area contributed by atoms with E-state index in [2.05, 4.69) is 27.5 Å². The molecule has 0 saturated carbocycles. The molecule has 0 aromatic carbocycles. The average molecular weight is 349 g/mol. The number of carbonyl (C=O) groups excluding carboxylic acids is 1. The largest absolute Gasteiger partial charge is 0.450 e. The van der Waals surface area contributed by atoms with Gasteiger partial charge in [-0.1, -0.05) is 19.8 Å². The Bertz CT molecular complexity index is 544. The van der Waals surface area contributed by atoms with Gasteiger partial charge in [0, 0.05) is 37.4 Å². The van der Waals surface area contributed by atoms with Crippen LogP contribution in [0, 0.1) is 6.92 Å². The topological polar surface area (TPSA) is 79.4 Å². The Balaban J connectivity index is 1.84. The third-order valence-corrected chi connectivity index (χ3v) is 4.29. The maximum Gasteiger partial charge on any atom is 0.409 e. The van der Waals surface area contributed by atoms with E-state index in [4.69, 9.17) is 4.74 Å². The maximum absolute atomic E-state index is 11.7. The van der Waals surface area contributed by atoms with Crippen LogP contribution in [0.1, 0.15) is 51.6 Å². The summed E-state index contributed by atoms with van der Waals surface area (Å²) in [4.78, 5) is 22.6. The van der Waals surface area contributed by atoms with Crippen molar-refractivity contribution in [3.63, 3.8) is 0 Å². The molecular formula is C18H31N5O2. The molecule has 0 spiro atoms. The standard InChI is InChI=1S/C18H31N5O2/c1-4-6-7-10-19-16-13-14(3)20-17(22-16)21-15-8-11-23(12-9-15)18(24)25-5-2/h13,15H,4-12H2,1-3H3,(H2,19,20,21,22). The van der Waals surface area contributed by atoms with Crippen molar-refractivity contribution in [3.05, 3.63) is 11.8 Å². The molecule has 1 amide bonds. The first kappa shape index (κ1) is 19.3. The summed E-state index contributed by atoms with van der Waals surface area (Å²) in [6.45, 7) is 8.76. The van der Waals surface area contributed by atoms with Crippen molar-refractivity contribution in [3.8, 4) is 0 Å². The summed E-state index contributed by atoms with van der Waals surface area (Å²) in [6.07, 6.45) is 5.11. The molecule has 1 saturated heterocycles. The van der Waals surface area contributed by atoms with E-state index in [1.165, 1.54) is 12.8 Å². The van der Waals surface area contributed by atoms with E-state index in [0.717, 1.165) is 37.3 Å². The highest BCUT2D eigenvalue weighted by molar-refractivity contribution is 5.67. The lowest BCUT2D eigenvalue weighted by Crippen LogP contribution is -2.42. The molecule has 1 aliphatic rings. The first-order valence-corrected chi connectivity index (χ1v) is 9.40. The molecule has 2 N–H and O–H groups in total. The van der Waals surface area contributed by atoms with Gasteiger partial charge in [-0.25, -0.2) is 9.78 Å². The van der Waals surface area contributed by atoms with Gasteiger partial charge in [0.15, 0.2) is 0 Å². The zero-order valence-electron chi connectivity index (χ0n) is 15.7. The number of likely N-dealkylation sites (tertiary alicyclic amines) is 1. The van der Waals surface area contributed by atoms with Crippen molar-refractivity contribution in [1.29, 1.82) is 0 Å². The number of piperidine rings is 1. The number of nitrogens with one attached hydrogen (secondary N) is 2. The molecule has 2 heterocycles. The van der Waals surface area contributed by atoms with Gasteiger partial charge in [0.2, 0.25) is 5.95 Å². The second kappa shape index (κ2) is 10.1. The van der Waals surface area contributed by atoms with E-state index in [1.807, 2.05) is 19.9 Å². The van der Waals surface area contributed by atoms with Gasteiger partial charge in [0.05, 0.1) is 6.61 Å². The van der Waals surface area contributed by atoms with Crippen LogP contribution >= 0.6 is 0 Å². The van der Waals surface area contributed by atoms with Gasteiger partial charge in [0.25, 0.3) is 0 Å². The van der Waals surface area contributed by atoms with Crippen LogP contribution in [0.3, 0.4) is 0 Å². The summed E-state index contributed by atoms with van der Waals surface area (Å²) in [7, 11) is 0. The predicted octanol–water partition coefficient (Wildman–Crippen LogP) is 3.42. The Hall–Kier alpha value is -2.05. The second-order valence-electron chi connectivity index (χ2n) is 6.46. The Labute approximate surface area is 150 Å². The summed E-state index contributed by atoms with van der Waals surface area (Å²) in [6, 6.07) is 2.25. The van der Waals surface area contributed by atoms with E-state index in [9.17, 15) is 4.79 Å². The summed E-state index contributed by atoms with van der Waals surface area (Å²) >= 11 is 0. The molecule has 0 bridgehead atoms. The van der Waals surface area contributed by atoms with Crippen molar-refractivity contribution in [1.82, 2.24) is 14.9 Å². The SMILES string of the molecule is CCCCCNc1cc(C)nc(NC2CCN(C(=O)OCC)CC2)n1.